The summed E-state index contributed by atoms with van der Waals surface area (Å²) in [6.45, 7) is 2.17. The molecule has 1 aliphatic heterocycles. The van der Waals surface area contributed by atoms with Crippen LogP contribution in [0.1, 0.15) is 24.3 Å². The van der Waals surface area contributed by atoms with Gasteiger partial charge in [-0.3, -0.25) is 9.97 Å². The van der Waals surface area contributed by atoms with Crippen LogP contribution in [-0.2, 0) is 0 Å². The minimum atomic E-state index is 0.604. The highest BCUT2D eigenvalue weighted by Crippen LogP contribution is 2.31. The molecule has 6 nitrogen and oxygen atoms in total. The van der Waals surface area contributed by atoms with Crippen molar-refractivity contribution in [3.05, 3.63) is 79.0 Å². The fourth-order valence-electron chi connectivity index (χ4n) is 4.50. The lowest BCUT2D eigenvalue weighted by Gasteiger charge is -2.22. The van der Waals surface area contributed by atoms with E-state index >= 15 is 0 Å². The Morgan fingerprint density at radius 2 is 1.74 bits per heavy atom. The van der Waals surface area contributed by atoms with Gasteiger partial charge in [0.25, 0.3) is 0 Å². The normalized spacial score (nSPS) is 15.0. The summed E-state index contributed by atoms with van der Waals surface area (Å²) in [6.07, 6.45) is 12.0. The molecule has 0 bridgehead atoms. The molecule has 5 aromatic rings. The molecule has 152 valence electrons. The molecule has 0 spiro atoms. The molecule has 1 fully saturated rings. The number of nitrogens with zero attached hydrogens (tertiary/aromatic N) is 5. The van der Waals surface area contributed by atoms with Crippen molar-refractivity contribution in [1.82, 2.24) is 29.9 Å². The van der Waals surface area contributed by atoms with Crippen LogP contribution in [0.25, 0.3) is 38.9 Å². The third-order valence-corrected chi connectivity index (χ3v) is 6.19. The van der Waals surface area contributed by atoms with Gasteiger partial charge in [0.1, 0.15) is 0 Å². The van der Waals surface area contributed by atoms with Crippen LogP contribution in [0.5, 0.6) is 0 Å². The van der Waals surface area contributed by atoms with E-state index in [0.717, 1.165) is 52.0 Å². The van der Waals surface area contributed by atoms with Gasteiger partial charge in [0.05, 0.1) is 17.4 Å². The molecule has 4 aromatic heterocycles. The van der Waals surface area contributed by atoms with Crippen molar-refractivity contribution >= 4 is 16.6 Å². The van der Waals surface area contributed by atoms with Crippen LogP contribution in [0.3, 0.4) is 0 Å². The van der Waals surface area contributed by atoms with Crippen molar-refractivity contribution in [2.75, 3.05) is 13.1 Å². The van der Waals surface area contributed by atoms with E-state index in [2.05, 4.69) is 33.6 Å². The molecule has 0 unspecified atom stereocenters. The topological polar surface area (TPSA) is 68.0 Å². The number of para-hydroxylation sites is 1. The van der Waals surface area contributed by atoms with E-state index in [9.17, 15) is 0 Å². The molecule has 0 radical (unpaired) electrons. The molecular formula is C25H22N6. The first-order chi connectivity index (χ1) is 15.4. The minimum Gasteiger partial charge on any atom is -0.317 e. The summed E-state index contributed by atoms with van der Waals surface area (Å²) in [5.41, 5.74) is 7.08. The van der Waals surface area contributed by atoms with Crippen molar-refractivity contribution < 1.29 is 0 Å². The number of rotatable bonds is 3. The van der Waals surface area contributed by atoms with Crippen LogP contribution in [0.15, 0.2) is 73.4 Å². The van der Waals surface area contributed by atoms with Gasteiger partial charge in [-0.2, -0.15) is 5.10 Å². The van der Waals surface area contributed by atoms with E-state index in [0.29, 0.717) is 5.92 Å². The van der Waals surface area contributed by atoms with Crippen LogP contribution in [-0.4, -0.2) is 37.7 Å². The summed E-state index contributed by atoms with van der Waals surface area (Å²) in [6, 6.07) is 14.5. The molecular weight excluding hydrogens is 384 g/mol. The molecule has 0 saturated carbocycles. The van der Waals surface area contributed by atoms with Gasteiger partial charge in [0.2, 0.25) is 0 Å². The Hall–Kier alpha value is -3.64. The summed E-state index contributed by atoms with van der Waals surface area (Å²) >= 11 is 0. The summed E-state index contributed by atoms with van der Waals surface area (Å²) in [7, 11) is 0. The average Bonchev–Trinajstić information content (AvgIpc) is 3.27. The van der Waals surface area contributed by atoms with Crippen LogP contribution in [0.2, 0.25) is 0 Å². The maximum absolute atomic E-state index is 4.74. The zero-order valence-electron chi connectivity index (χ0n) is 17.1. The van der Waals surface area contributed by atoms with E-state index in [-0.39, 0.29) is 0 Å². The Balaban J connectivity index is 1.36. The first kappa shape index (κ1) is 18.2. The number of benzene rings is 1. The van der Waals surface area contributed by atoms with Gasteiger partial charge < -0.3 is 5.32 Å². The molecule has 0 aliphatic carbocycles. The fourth-order valence-corrected chi connectivity index (χ4v) is 4.50. The van der Waals surface area contributed by atoms with Crippen LogP contribution in [0.4, 0.5) is 0 Å². The summed E-state index contributed by atoms with van der Waals surface area (Å²) in [4.78, 5) is 13.9. The highest BCUT2D eigenvalue weighted by molar-refractivity contribution is 5.97. The molecule has 1 N–H and O–H groups in total. The molecule has 1 aliphatic rings. The van der Waals surface area contributed by atoms with Crippen molar-refractivity contribution in [3.8, 4) is 22.4 Å². The molecule has 1 saturated heterocycles. The van der Waals surface area contributed by atoms with Crippen molar-refractivity contribution in [2.24, 2.45) is 0 Å². The average molecular weight is 406 g/mol. The van der Waals surface area contributed by atoms with Crippen LogP contribution in [0, 0.1) is 0 Å². The van der Waals surface area contributed by atoms with Crippen molar-refractivity contribution in [3.63, 3.8) is 0 Å². The summed E-state index contributed by atoms with van der Waals surface area (Å²) in [5.74, 6) is 0.604. The Labute approximate surface area is 180 Å². The van der Waals surface area contributed by atoms with Crippen LogP contribution < -0.4 is 5.32 Å². The monoisotopic (exact) mass is 406 g/mol. The van der Waals surface area contributed by atoms with E-state index < -0.39 is 0 Å². The standard InChI is InChI=1S/C25H22N6/c1-2-4-24-21(3-1)20(9-12-27-24)22-15-30-31-16-19(14-29-25(22)31)23-6-5-18(13-28-23)17-7-10-26-11-8-17/h1-6,9,12-17,26H,7-8,10-11H2. The maximum Gasteiger partial charge on any atom is 0.162 e. The SMILES string of the molecule is c1ccc2c(-c3cnn4cc(-c5ccc(C6CCNCC6)cn5)cnc34)ccnc2c1. The smallest absolute Gasteiger partial charge is 0.162 e. The second-order valence-electron chi connectivity index (χ2n) is 8.05. The van der Waals surface area contributed by atoms with E-state index in [1.54, 1.807) is 0 Å². The number of nitrogens with one attached hydrogen (secondary N) is 1. The fraction of sp³-hybridized carbons (Fsp3) is 0.200. The molecule has 0 amide bonds. The minimum absolute atomic E-state index is 0.604. The lowest BCUT2D eigenvalue weighted by Crippen LogP contribution is -2.26. The molecule has 1 aromatic carbocycles. The summed E-state index contributed by atoms with van der Waals surface area (Å²) < 4.78 is 1.84. The second kappa shape index (κ2) is 7.56. The van der Waals surface area contributed by atoms with Gasteiger partial charge in [-0.15, -0.1) is 0 Å². The van der Waals surface area contributed by atoms with E-state index in [1.165, 1.54) is 18.4 Å². The van der Waals surface area contributed by atoms with Gasteiger partial charge in [-0.05, 0) is 61.2 Å². The second-order valence-corrected chi connectivity index (χ2v) is 8.05. The van der Waals surface area contributed by atoms with Crippen LogP contribution >= 0.6 is 0 Å². The van der Waals surface area contributed by atoms with E-state index in [4.69, 9.17) is 9.97 Å². The van der Waals surface area contributed by atoms with Gasteiger partial charge in [-0.1, -0.05) is 24.3 Å². The number of pyridine rings is 2. The number of hydrogen-bond acceptors (Lipinski definition) is 5. The number of hydrogen-bond donors (Lipinski definition) is 1. The Kier molecular flexibility index (Phi) is 4.43. The van der Waals surface area contributed by atoms with Gasteiger partial charge in [0.15, 0.2) is 5.65 Å². The van der Waals surface area contributed by atoms with Gasteiger partial charge in [0, 0.05) is 41.3 Å². The highest BCUT2D eigenvalue weighted by Gasteiger charge is 2.16. The molecule has 6 heteroatoms. The molecule has 0 atom stereocenters. The zero-order valence-corrected chi connectivity index (χ0v) is 17.1. The summed E-state index contributed by atoms with van der Waals surface area (Å²) in [5, 5.41) is 9.10. The lowest BCUT2D eigenvalue weighted by molar-refractivity contribution is 0.459. The van der Waals surface area contributed by atoms with Crippen molar-refractivity contribution in [1.29, 1.82) is 0 Å². The predicted octanol–water partition coefficient (Wildman–Crippen LogP) is 4.47. The zero-order chi connectivity index (χ0) is 20.6. The van der Waals surface area contributed by atoms with Crippen molar-refractivity contribution in [2.45, 2.75) is 18.8 Å². The quantitative estimate of drug-likeness (QED) is 0.479. The lowest BCUT2D eigenvalue weighted by atomic mass is 9.91. The van der Waals surface area contributed by atoms with Gasteiger partial charge in [-0.25, -0.2) is 9.50 Å². The molecule has 31 heavy (non-hydrogen) atoms. The Morgan fingerprint density at radius 1 is 0.839 bits per heavy atom. The molecule has 5 heterocycles. The first-order valence-electron chi connectivity index (χ1n) is 10.7. The number of piperidine rings is 1. The third-order valence-electron chi connectivity index (χ3n) is 6.19. The van der Waals surface area contributed by atoms with Gasteiger partial charge >= 0.3 is 0 Å². The first-order valence-corrected chi connectivity index (χ1v) is 10.7. The predicted molar refractivity (Wildman–Crippen MR) is 122 cm³/mol. The highest BCUT2D eigenvalue weighted by atomic mass is 15.2. The molecule has 6 rings (SSSR count). The Bertz CT molecular complexity index is 1360. The number of aromatic nitrogens is 5. The Morgan fingerprint density at radius 3 is 2.61 bits per heavy atom. The third kappa shape index (κ3) is 3.25. The number of fused-ring (bicyclic) bond motifs is 2. The largest absolute Gasteiger partial charge is 0.317 e. The van der Waals surface area contributed by atoms with E-state index in [1.807, 2.05) is 59.8 Å². The maximum atomic E-state index is 4.74.